The van der Waals surface area contributed by atoms with Crippen molar-refractivity contribution in [1.29, 1.82) is 0 Å². The molecule has 1 N–H and O–H groups in total. The molecule has 0 radical (unpaired) electrons. The SMILES string of the molecule is CC[C@H](C)NC(=O)[C@H](Cc1ccccc1)N(Cc1ccc(Cl)cc1)C(=O)CN(c1ccc(C)cc1)S(C)(=O)=O. The molecule has 39 heavy (non-hydrogen) atoms. The van der Waals surface area contributed by atoms with Gasteiger partial charge in [-0.05, 0) is 55.7 Å². The molecule has 0 spiro atoms. The molecule has 0 unspecified atom stereocenters. The van der Waals surface area contributed by atoms with Gasteiger partial charge in [0.1, 0.15) is 12.6 Å². The highest BCUT2D eigenvalue weighted by Gasteiger charge is 2.33. The average molecular weight is 570 g/mol. The molecule has 0 fully saturated rings. The van der Waals surface area contributed by atoms with Crippen molar-refractivity contribution in [2.45, 2.75) is 52.2 Å². The Kier molecular flexibility index (Phi) is 10.5. The molecule has 208 valence electrons. The molecule has 2 atom stereocenters. The Bertz CT molecular complexity index is 1350. The zero-order chi connectivity index (χ0) is 28.6. The van der Waals surface area contributed by atoms with Gasteiger partial charge in [-0.15, -0.1) is 0 Å². The molecule has 0 saturated carbocycles. The van der Waals surface area contributed by atoms with Gasteiger partial charge in [0.05, 0.1) is 11.9 Å². The van der Waals surface area contributed by atoms with Crippen LogP contribution in [0.3, 0.4) is 0 Å². The van der Waals surface area contributed by atoms with Gasteiger partial charge in [0.2, 0.25) is 21.8 Å². The lowest BCUT2D eigenvalue weighted by molar-refractivity contribution is -0.140. The van der Waals surface area contributed by atoms with Gasteiger partial charge < -0.3 is 10.2 Å². The third-order valence-electron chi connectivity index (χ3n) is 6.54. The topological polar surface area (TPSA) is 86.8 Å². The number of halogens is 1. The Balaban J connectivity index is 2.04. The van der Waals surface area contributed by atoms with E-state index in [4.69, 9.17) is 11.6 Å². The first-order valence-corrected chi connectivity index (χ1v) is 15.1. The van der Waals surface area contributed by atoms with E-state index in [1.54, 1.807) is 48.5 Å². The molecule has 2 amide bonds. The highest BCUT2D eigenvalue weighted by atomic mass is 35.5. The van der Waals surface area contributed by atoms with E-state index in [0.29, 0.717) is 10.7 Å². The van der Waals surface area contributed by atoms with E-state index >= 15 is 0 Å². The Morgan fingerprint density at radius 3 is 2.10 bits per heavy atom. The summed E-state index contributed by atoms with van der Waals surface area (Å²) >= 11 is 6.08. The maximum atomic E-state index is 14.0. The zero-order valence-electron chi connectivity index (χ0n) is 22.8. The van der Waals surface area contributed by atoms with E-state index in [2.05, 4.69) is 5.32 Å². The molecule has 0 aromatic heterocycles. The summed E-state index contributed by atoms with van der Waals surface area (Å²) in [6, 6.07) is 22.5. The van der Waals surface area contributed by atoms with Crippen LogP contribution in [-0.4, -0.2) is 50.0 Å². The summed E-state index contributed by atoms with van der Waals surface area (Å²) in [5.74, 6) is -0.784. The number of hydrogen-bond donors (Lipinski definition) is 1. The number of hydrogen-bond acceptors (Lipinski definition) is 4. The van der Waals surface area contributed by atoms with Gasteiger partial charge in [-0.2, -0.15) is 0 Å². The molecular formula is C30H36ClN3O4S. The summed E-state index contributed by atoms with van der Waals surface area (Å²) in [4.78, 5) is 29.1. The molecule has 3 aromatic carbocycles. The molecule has 0 aliphatic heterocycles. The van der Waals surface area contributed by atoms with Crippen molar-refractivity contribution in [3.63, 3.8) is 0 Å². The minimum absolute atomic E-state index is 0.0941. The Morgan fingerprint density at radius 1 is 0.923 bits per heavy atom. The summed E-state index contributed by atoms with van der Waals surface area (Å²) in [6.07, 6.45) is 2.07. The molecule has 0 aliphatic rings. The van der Waals surface area contributed by atoms with Gasteiger partial charge in [0.25, 0.3) is 0 Å². The van der Waals surface area contributed by atoms with Crippen LogP contribution in [0.25, 0.3) is 0 Å². The van der Waals surface area contributed by atoms with Crippen molar-refractivity contribution in [3.8, 4) is 0 Å². The van der Waals surface area contributed by atoms with E-state index in [9.17, 15) is 18.0 Å². The quantitative estimate of drug-likeness (QED) is 0.334. The predicted octanol–water partition coefficient (Wildman–Crippen LogP) is 4.97. The normalized spacial score (nSPS) is 12.8. The highest BCUT2D eigenvalue weighted by molar-refractivity contribution is 7.92. The van der Waals surface area contributed by atoms with E-state index < -0.39 is 28.5 Å². The van der Waals surface area contributed by atoms with Crippen molar-refractivity contribution in [2.24, 2.45) is 0 Å². The molecule has 0 heterocycles. The van der Waals surface area contributed by atoms with E-state index in [1.807, 2.05) is 51.1 Å². The molecule has 0 saturated heterocycles. The van der Waals surface area contributed by atoms with Crippen LogP contribution in [0.4, 0.5) is 5.69 Å². The fourth-order valence-electron chi connectivity index (χ4n) is 4.11. The van der Waals surface area contributed by atoms with Crippen molar-refractivity contribution in [2.75, 3.05) is 17.1 Å². The van der Waals surface area contributed by atoms with Crippen LogP contribution in [0, 0.1) is 6.92 Å². The average Bonchev–Trinajstić information content (AvgIpc) is 2.90. The molecule has 3 aromatic rings. The van der Waals surface area contributed by atoms with Crippen molar-refractivity contribution in [1.82, 2.24) is 10.2 Å². The number of benzene rings is 3. The fourth-order valence-corrected chi connectivity index (χ4v) is 5.08. The third-order valence-corrected chi connectivity index (χ3v) is 7.93. The summed E-state index contributed by atoms with van der Waals surface area (Å²) < 4.78 is 26.7. The van der Waals surface area contributed by atoms with Crippen LogP contribution in [-0.2, 0) is 32.6 Å². The van der Waals surface area contributed by atoms with Gasteiger partial charge >= 0.3 is 0 Å². The lowest BCUT2D eigenvalue weighted by atomic mass is 10.0. The highest BCUT2D eigenvalue weighted by Crippen LogP contribution is 2.21. The first kappa shape index (κ1) is 30.2. The fraction of sp³-hybridized carbons (Fsp3) is 0.333. The molecule has 0 bridgehead atoms. The maximum absolute atomic E-state index is 14.0. The van der Waals surface area contributed by atoms with Crippen LogP contribution in [0.1, 0.15) is 37.0 Å². The van der Waals surface area contributed by atoms with Gasteiger partial charge in [-0.25, -0.2) is 8.42 Å². The first-order chi connectivity index (χ1) is 18.5. The van der Waals surface area contributed by atoms with Crippen molar-refractivity contribution >= 4 is 39.1 Å². The van der Waals surface area contributed by atoms with Crippen LogP contribution in [0.2, 0.25) is 5.02 Å². The third kappa shape index (κ3) is 8.83. The lowest BCUT2D eigenvalue weighted by Crippen LogP contribution is -2.54. The monoisotopic (exact) mass is 569 g/mol. The summed E-state index contributed by atoms with van der Waals surface area (Å²) in [6.45, 7) is 5.44. The van der Waals surface area contributed by atoms with E-state index in [1.165, 1.54) is 4.90 Å². The summed E-state index contributed by atoms with van der Waals surface area (Å²) in [5, 5.41) is 3.57. The largest absolute Gasteiger partial charge is 0.352 e. The number of sulfonamides is 1. The zero-order valence-corrected chi connectivity index (χ0v) is 24.4. The van der Waals surface area contributed by atoms with Gasteiger partial charge in [0.15, 0.2) is 0 Å². The number of rotatable bonds is 12. The maximum Gasteiger partial charge on any atom is 0.244 e. The predicted molar refractivity (Wildman–Crippen MR) is 157 cm³/mol. The second kappa shape index (κ2) is 13.6. The Hall–Kier alpha value is -3.36. The van der Waals surface area contributed by atoms with Crippen LogP contribution >= 0.6 is 11.6 Å². The summed E-state index contributed by atoms with van der Waals surface area (Å²) in [5.41, 5.74) is 3.00. The molecule has 0 aliphatic carbocycles. The molecule has 7 nitrogen and oxygen atoms in total. The van der Waals surface area contributed by atoms with Gasteiger partial charge in [0, 0.05) is 24.0 Å². The Morgan fingerprint density at radius 2 is 1.54 bits per heavy atom. The number of nitrogens with one attached hydrogen (secondary N) is 1. The second-order valence-electron chi connectivity index (χ2n) is 9.78. The minimum Gasteiger partial charge on any atom is -0.352 e. The smallest absolute Gasteiger partial charge is 0.244 e. The standard InChI is InChI=1S/C30H36ClN3O4S/c1-5-23(3)32-30(36)28(19-24-9-7-6-8-10-24)33(20-25-13-15-26(31)16-14-25)29(35)21-34(39(4,37)38)27-17-11-22(2)12-18-27/h6-18,23,28H,5,19-21H2,1-4H3,(H,32,36)/t23-,28-/m0/s1. The molecular weight excluding hydrogens is 534 g/mol. The van der Waals surface area contributed by atoms with Crippen molar-refractivity contribution < 1.29 is 18.0 Å². The first-order valence-electron chi connectivity index (χ1n) is 12.9. The molecule has 9 heteroatoms. The van der Waals surface area contributed by atoms with Crippen LogP contribution < -0.4 is 9.62 Å². The van der Waals surface area contributed by atoms with Crippen molar-refractivity contribution in [3.05, 3.63) is 101 Å². The van der Waals surface area contributed by atoms with E-state index in [0.717, 1.165) is 33.7 Å². The second-order valence-corrected chi connectivity index (χ2v) is 12.1. The number of aryl methyl sites for hydroxylation is 1. The number of amides is 2. The lowest BCUT2D eigenvalue weighted by Gasteiger charge is -2.34. The summed E-state index contributed by atoms with van der Waals surface area (Å²) in [7, 11) is -3.80. The number of anilines is 1. The number of nitrogens with zero attached hydrogens (tertiary/aromatic N) is 2. The van der Waals surface area contributed by atoms with Crippen LogP contribution in [0.15, 0.2) is 78.9 Å². The number of carbonyl (C=O) groups excluding carboxylic acids is 2. The van der Waals surface area contributed by atoms with Crippen LogP contribution in [0.5, 0.6) is 0 Å². The van der Waals surface area contributed by atoms with E-state index in [-0.39, 0.29) is 24.9 Å². The molecule has 3 rings (SSSR count). The number of carbonyl (C=O) groups is 2. The Labute approximate surface area is 236 Å². The van der Waals surface area contributed by atoms with Gasteiger partial charge in [-0.3, -0.25) is 13.9 Å². The minimum atomic E-state index is -3.80. The van der Waals surface area contributed by atoms with Gasteiger partial charge in [-0.1, -0.05) is 78.7 Å².